The average Bonchev–Trinajstić information content (AvgIpc) is 3.77. The highest BCUT2D eigenvalue weighted by Crippen LogP contribution is 2.53. The molecule has 0 N–H and O–H groups in total. The van der Waals surface area contributed by atoms with E-state index in [0.717, 1.165) is 45.1 Å². The van der Waals surface area contributed by atoms with Crippen LogP contribution in [0.1, 0.15) is 33.6 Å². The predicted molar refractivity (Wildman–Crippen MR) is 184 cm³/mol. The third kappa shape index (κ3) is 4.50. The molecule has 6 nitrogen and oxygen atoms in total. The molecular formula is C40H28N6. The van der Waals surface area contributed by atoms with E-state index in [0.29, 0.717) is 11.4 Å². The van der Waals surface area contributed by atoms with Crippen molar-refractivity contribution in [3.63, 3.8) is 0 Å². The Kier molecular flexibility index (Phi) is 6.80. The van der Waals surface area contributed by atoms with E-state index in [4.69, 9.17) is 29.9 Å². The SMILES string of the molecule is c1ccc(C2=NC(c3ccccn3)(C3(c4ccccn4)N=C(c4ccccc4)C(c4ccccc4)=N3)N=C2c2ccccc2)cc1. The number of benzene rings is 4. The molecule has 0 unspecified atom stereocenters. The largest absolute Gasteiger partial charge is 0.256 e. The summed E-state index contributed by atoms with van der Waals surface area (Å²) in [7, 11) is 0. The Bertz CT molecular complexity index is 1840. The topological polar surface area (TPSA) is 75.2 Å². The number of aliphatic imine (C=N–C) groups is 4. The lowest BCUT2D eigenvalue weighted by molar-refractivity contribution is 0.244. The zero-order valence-electron chi connectivity index (χ0n) is 24.8. The average molecular weight is 593 g/mol. The molecule has 0 radical (unpaired) electrons. The summed E-state index contributed by atoms with van der Waals surface area (Å²) >= 11 is 0. The molecule has 2 aromatic heterocycles. The van der Waals surface area contributed by atoms with Crippen LogP contribution in [0.4, 0.5) is 0 Å². The molecule has 8 rings (SSSR count). The van der Waals surface area contributed by atoms with Crippen molar-refractivity contribution in [1.29, 1.82) is 0 Å². The van der Waals surface area contributed by atoms with Crippen molar-refractivity contribution in [2.75, 3.05) is 0 Å². The summed E-state index contributed by atoms with van der Waals surface area (Å²) in [5.74, 6) is 0. The fourth-order valence-corrected chi connectivity index (χ4v) is 6.13. The molecule has 0 saturated heterocycles. The van der Waals surface area contributed by atoms with E-state index in [-0.39, 0.29) is 0 Å². The molecule has 0 amide bonds. The first-order valence-electron chi connectivity index (χ1n) is 15.2. The molecule has 46 heavy (non-hydrogen) atoms. The third-order valence-electron chi connectivity index (χ3n) is 8.26. The van der Waals surface area contributed by atoms with Gasteiger partial charge in [0.25, 0.3) is 0 Å². The van der Waals surface area contributed by atoms with Crippen LogP contribution < -0.4 is 0 Å². The van der Waals surface area contributed by atoms with Crippen LogP contribution in [-0.4, -0.2) is 32.8 Å². The monoisotopic (exact) mass is 592 g/mol. The van der Waals surface area contributed by atoms with Gasteiger partial charge in [0.1, 0.15) is 0 Å². The Morgan fingerprint density at radius 1 is 0.283 bits per heavy atom. The molecule has 6 aromatic rings. The highest BCUT2D eigenvalue weighted by Gasteiger charge is 2.62. The normalized spacial score (nSPS) is 16.3. The van der Waals surface area contributed by atoms with Crippen LogP contribution in [-0.2, 0) is 11.3 Å². The number of aromatic nitrogens is 2. The van der Waals surface area contributed by atoms with Crippen LogP contribution in [0.5, 0.6) is 0 Å². The molecule has 0 atom stereocenters. The molecule has 218 valence electrons. The lowest BCUT2D eigenvalue weighted by Crippen LogP contribution is -2.44. The van der Waals surface area contributed by atoms with E-state index in [1.165, 1.54) is 0 Å². The second-order valence-electron chi connectivity index (χ2n) is 11.1. The van der Waals surface area contributed by atoms with Gasteiger partial charge in [0.15, 0.2) is 0 Å². The minimum Gasteiger partial charge on any atom is -0.256 e. The highest BCUT2D eigenvalue weighted by molar-refractivity contribution is 6.55. The molecule has 0 fully saturated rings. The maximum absolute atomic E-state index is 5.60. The standard InChI is InChI=1S/C40H28N6/c1-5-17-29(18-6-1)35-36(30-19-7-2-8-20-30)44-39(43-35,33-25-13-15-27-41-33)40(34-26-14-16-28-42-34)45-37(31-21-9-3-10-22-31)38(46-40)32-23-11-4-12-24-32/h1-28H. The van der Waals surface area contributed by atoms with Crippen LogP contribution in [0.15, 0.2) is 190 Å². The lowest BCUT2D eigenvalue weighted by atomic mass is 9.87. The van der Waals surface area contributed by atoms with Crippen molar-refractivity contribution >= 4 is 22.8 Å². The molecule has 0 spiro atoms. The van der Waals surface area contributed by atoms with Crippen molar-refractivity contribution in [2.24, 2.45) is 20.0 Å². The molecule has 6 heteroatoms. The van der Waals surface area contributed by atoms with Crippen molar-refractivity contribution in [3.8, 4) is 0 Å². The van der Waals surface area contributed by atoms with Gasteiger partial charge < -0.3 is 0 Å². The van der Waals surface area contributed by atoms with E-state index in [1.807, 2.05) is 109 Å². The van der Waals surface area contributed by atoms with Crippen LogP contribution in [0, 0.1) is 0 Å². The Labute approximate surface area is 267 Å². The summed E-state index contributed by atoms with van der Waals surface area (Å²) in [4.78, 5) is 32.2. The van der Waals surface area contributed by atoms with E-state index in [9.17, 15) is 0 Å². The van der Waals surface area contributed by atoms with Crippen molar-refractivity contribution in [2.45, 2.75) is 11.3 Å². The fraction of sp³-hybridized carbons (Fsp3) is 0.0500. The number of hydrogen-bond donors (Lipinski definition) is 0. The minimum absolute atomic E-state index is 0.620. The van der Waals surface area contributed by atoms with Gasteiger partial charge in [0, 0.05) is 34.6 Å². The van der Waals surface area contributed by atoms with E-state index in [2.05, 4.69) is 48.5 Å². The van der Waals surface area contributed by atoms with Gasteiger partial charge in [0.2, 0.25) is 11.3 Å². The van der Waals surface area contributed by atoms with Crippen LogP contribution >= 0.6 is 0 Å². The summed E-state index contributed by atoms with van der Waals surface area (Å²) in [6.07, 6.45) is 3.55. The Morgan fingerprint density at radius 2 is 0.543 bits per heavy atom. The number of rotatable bonds is 7. The Morgan fingerprint density at radius 3 is 0.783 bits per heavy atom. The van der Waals surface area contributed by atoms with Gasteiger partial charge in [-0.25, -0.2) is 20.0 Å². The van der Waals surface area contributed by atoms with Gasteiger partial charge in [-0.05, 0) is 24.3 Å². The molecular weight excluding hydrogens is 564 g/mol. The zero-order valence-corrected chi connectivity index (χ0v) is 24.8. The molecule has 2 aliphatic rings. The van der Waals surface area contributed by atoms with E-state index >= 15 is 0 Å². The summed E-state index contributed by atoms with van der Waals surface area (Å²) < 4.78 is 0. The third-order valence-corrected chi connectivity index (χ3v) is 8.26. The molecule has 2 aliphatic heterocycles. The smallest absolute Gasteiger partial charge is 0.245 e. The van der Waals surface area contributed by atoms with Crippen LogP contribution in [0.3, 0.4) is 0 Å². The molecule has 0 bridgehead atoms. The second-order valence-corrected chi connectivity index (χ2v) is 11.1. The Hall–Kier alpha value is -6.14. The second kappa shape index (κ2) is 11.4. The predicted octanol–water partition coefficient (Wildman–Crippen LogP) is 7.47. The Balaban J connectivity index is 1.52. The van der Waals surface area contributed by atoms with Crippen molar-refractivity contribution in [1.82, 2.24) is 9.97 Å². The maximum atomic E-state index is 5.60. The first-order valence-corrected chi connectivity index (χ1v) is 15.2. The summed E-state index contributed by atoms with van der Waals surface area (Å²) in [6.45, 7) is 0. The van der Waals surface area contributed by atoms with Gasteiger partial charge in [0.05, 0.1) is 34.2 Å². The van der Waals surface area contributed by atoms with E-state index in [1.54, 1.807) is 12.4 Å². The first-order chi connectivity index (χ1) is 22.8. The minimum atomic E-state index is -1.43. The highest BCUT2D eigenvalue weighted by atomic mass is 15.3. The van der Waals surface area contributed by atoms with Crippen molar-refractivity contribution in [3.05, 3.63) is 204 Å². The van der Waals surface area contributed by atoms with Crippen LogP contribution in [0.25, 0.3) is 0 Å². The fourth-order valence-electron chi connectivity index (χ4n) is 6.13. The quantitative estimate of drug-likeness (QED) is 0.193. The molecule has 0 saturated carbocycles. The van der Waals surface area contributed by atoms with Crippen molar-refractivity contribution < 1.29 is 0 Å². The maximum Gasteiger partial charge on any atom is 0.245 e. The van der Waals surface area contributed by atoms with Gasteiger partial charge in [-0.1, -0.05) is 133 Å². The number of pyridine rings is 2. The number of hydrogen-bond acceptors (Lipinski definition) is 6. The first kappa shape index (κ1) is 27.4. The van der Waals surface area contributed by atoms with Gasteiger partial charge in [-0.15, -0.1) is 0 Å². The summed E-state index contributed by atoms with van der Waals surface area (Å²) in [6, 6.07) is 52.3. The molecule has 4 heterocycles. The lowest BCUT2D eigenvalue weighted by Gasteiger charge is -2.36. The summed E-state index contributed by atoms with van der Waals surface area (Å²) in [5.41, 5.74) is 5.11. The molecule has 4 aromatic carbocycles. The van der Waals surface area contributed by atoms with Gasteiger partial charge >= 0.3 is 0 Å². The van der Waals surface area contributed by atoms with E-state index < -0.39 is 11.3 Å². The van der Waals surface area contributed by atoms with Gasteiger partial charge in [-0.3, -0.25) is 9.97 Å². The van der Waals surface area contributed by atoms with Crippen LogP contribution in [0.2, 0.25) is 0 Å². The summed E-state index contributed by atoms with van der Waals surface area (Å²) in [5, 5.41) is 0. The zero-order chi connectivity index (χ0) is 30.8. The number of nitrogens with zero attached hydrogens (tertiary/aromatic N) is 6. The molecule has 0 aliphatic carbocycles. The van der Waals surface area contributed by atoms with Gasteiger partial charge in [-0.2, -0.15) is 0 Å².